The predicted molar refractivity (Wildman–Crippen MR) is 102 cm³/mol. The molecule has 142 valence electrons. The van der Waals surface area contributed by atoms with Crippen molar-refractivity contribution >= 4 is 23.6 Å². The fourth-order valence-corrected chi connectivity index (χ4v) is 2.86. The Hall–Kier alpha value is -3.16. The SMILES string of the molecule is CCOC(=O)N1CCN(c2nccc(C(=O)N(C)c3ccccc3)n2)CC1. The number of amides is 2. The van der Waals surface area contributed by atoms with E-state index in [1.807, 2.05) is 35.2 Å². The van der Waals surface area contributed by atoms with Gasteiger partial charge < -0.3 is 19.4 Å². The number of piperazine rings is 1. The molecule has 0 N–H and O–H groups in total. The lowest BCUT2D eigenvalue weighted by Gasteiger charge is -2.34. The molecule has 2 aromatic rings. The summed E-state index contributed by atoms with van der Waals surface area (Å²) in [5.41, 5.74) is 1.13. The Morgan fingerprint density at radius 2 is 1.81 bits per heavy atom. The number of ether oxygens (including phenoxy) is 1. The first kappa shape index (κ1) is 18.6. The van der Waals surface area contributed by atoms with E-state index in [1.54, 1.807) is 36.0 Å². The van der Waals surface area contributed by atoms with Crippen LogP contribution in [-0.2, 0) is 4.74 Å². The van der Waals surface area contributed by atoms with Crippen molar-refractivity contribution < 1.29 is 14.3 Å². The summed E-state index contributed by atoms with van der Waals surface area (Å²) in [7, 11) is 1.72. The molecule has 1 aromatic carbocycles. The molecule has 8 heteroatoms. The van der Waals surface area contributed by atoms with Gasteiger partial charge in [-0.3, -0.25) is 4.79 Å². The highest BCUT2D eigenvalue weighted by Gasteiger charge is 2.24. The van der Waals surface area contributed by atoms with Crippen LogP contribution in [0.25, 0.3) is 0 Å². The van der Waals surface area contributed by atoms with Crippen molar-refractivity contribution in [2.24, 2.45) is 0 Å². The number of hydrogen-bond donors (Lipinski definition) is 0. The Morgan fingerprint density at radius 3 is 2.48 bits per heavy atom. The van der Waals surface area contributed by atoms with Crippen LogP contribution >= 0.6 is 0 Å². The van der Waals surface area contributed by atoms with E-state index in [9.17, 15) is 9.59 Å². The highest BCUT2D eigenvalue weighted by molar-refractivity contribution is 6.04. The Bertz CT molecular complexity index is 791. The molecule has 2 heterocycles. The maximum absolute atomic E-state index is 12.7. The summed E-state index contributed by atoms with van der Waals surface area (Å²) in [6.45, 7) is 4.39. The zero-order valence-electron chi connectivity index (χ0n) is 15.5. The highest BCUT2D eigenvalue weighted by atomic mass is 16.6. The number of anilines is 2. The third kappa shape index (κ3) is 4.33. The Kier molecular flexibility index (Phi) is 5.85. The third-order valence-electron chi connectivity index (χ3n) is 4.40. The molecule has 1 saturated heterocycles. The van der Waals surface area contributed by atoms with Gasteiger partial charge in [0.1, 0.15) is 5.69 Å². The van der Waals surface area contributed by atoms with E-state index in [-0.39, 0.29) is 12.0 Å². The fourth-order valence-electron chi connectivity index (χ4n) is 2.86. The number of rotatable bonds is 4. The van der Waals surface area contributed by atoms with Crippen LogP contribution in [0.3, 0.4) is 0 Å². The summed E-state index contributed by atoms with van der Waals surface area (Å²) in [6.07, 6.45) is 1.29. The second-order valence-corrected chi connectivity index (χ2v) is 6.11. The number of aromatic nitrogens is 2. The van der Waals surface area contributed by atoms with E-state index in [4.69, 9.17) is 4.74 Å². The Balaban J connectivity index is 1.67. The maximum atomic E-state index is 12.7. The topological polar surface area (TPSA) is 78.9 Å². The summed E-state index contributed by atoms with van der Waals surface area (Å²) < 4.78 is 5.03. The van der Waals surface area contributed by atoms with Crippen LogP contribution < -0.4 is 9.80 Å². The first-order valence-corrected chi connectivity index (χ1v) is 8.93. The van der Waals surface area contributed by atoms with Crippen LogP contribution in [-0.4, -0.2) is 66.7 Å². The smallest absolute Gasteiger partial charge is 0.409 e. The summed E-state index contributed by atoms with van der Waals surface area (Å²) in [5, 5.41) is 0. The Morgan fingerprint density at radius 1 is 1.11 bits per heavy atom. The molecule has 0 spiro atoms. The molecule has 1 fully saturated rings. The standard InChI is InChI=1S/C19H23N5O3/c1-3-27-19(26)24-13-11-23(12-14-24)18-20-10-9-16(21-18)17(25)22(2)15-7-5-4-6-8-15/h4-10H,3,11-14H2,1-2H3. The lowest BCUT2D eigenvalue weighted by atomic mass is 10.2. The van der Waals surface area contributed by atoms with Gasteiger partial charge in [-0.1, -0.05) is 18.2 Å². The minimum absolute atomic E-state index is 0.199. The lowest BCUT2D eigenvalue weighted by molar-refractivity contribution is 0.0988. The second-order valence-electron chi connectivity index (χ2n) is 6.11. The third-order valence-corrected chi connectivity index (χ3v) is 4.40. The monoisotopic (exact) mass is 369 g/mol. The van der Waals surface area contributed by atoms with Crippen LogP contribution in [0, 0.1) is 0 Å². The van der Waals surface area contributed by atoms with Crippen molar-refractivity contribution in [2.75, 3.05) is 49.6 Å². The van der Waals surface area contributed by atoms with E-state index < -0.39 is 0 Å². The Labute approximate surface area is 158 Å². The number of carbonyl (C=O) groups is 2. The van der Waals surface area contributed by atoms with Gasteiger partial charge in [0.2, 0.25) is 5.95 Å². The first-order chi connectivity index (χ1) is 13.1. The van der Waals surface area contributed by atoms with Crippen molar-refractivity contribution in [3.63, 3.8) is 0 Å². The van der Waals surface area contributed by atoms with Gasteiger partial charge >= 0.3 is 6.09 Å². The molecule has 1 aromatic heterocycles. The van der Waals surface area contributed by atoms with Crippen LogP contribution in [0.15, 0.2) is 42.6 Å². The molecule has 0 unspecified atom stereocenters. The molecule has 0 aliphatic carbocycles. The second kappa shape index (κ2) is 8.48. The average molecular weight is 369 g/mol. The molecule has 8 nitrogen and oxygen atoms in total. The number of hydrogen-bond acceptors (Lipinski definition) is 6. The summed E-state index contributed by atoms with van der Waals surface area (Å²) in [4.78, 5) is 38.5. The van der Waals surface area contributed by atoms with E-state index in [1.165, 1.54) is 0 Å². The van der Waals surface area contributed by atoms with E-state index in [0.29, 0.717) is 44.4 Å². The van der Waals surface area contributed by atoms with Crippen molar-refractivity contribution in [1.29, 1.82) is 0 Å². The van der Waals surface area contributed by atoms with Gasteiger partial charge in [-0.25, -0.2) is 14.8 Å². The molecule has 27 heavy (non-hydrogen) atoms. The number of benzene rings is 1. The summed E-state index contributed by atoms with van der Waals surface area (Å²) >= 11 is 0. The summed E-state index contributed by atoms with van der Waals surface area (Å²) in [6, 6.07) is 11.0. The molecule has 1 aliphatic rings. The molecule has 3 rings (SSSR count). The van der Waals surface area contributed by atoms with Crippen molar-refractivity contribution in [3.8, 4) is 0 Å². The first-order valence-electron chi connectivity index (χ1n) is 8.93. The molecule has 0 bridgehead atoms. The maximum Gasteiger partial charge on any atom is 0.409 e. The van der Waals surface area contributed by atoms with E-state index >= 15 is 0 Å². The minimum atomic E-state index is -0.300. The zero-order valence-corrected chi connectivity index (χ0v) is 15.5. The highest BCUT2D eigenvalue weighted by Crippen LogP contribution is 2.16. The van der Waals surface area contributed by atoms with Crippen LogP contribution in [0.5, 0.6) is 0 Å². The van der Waals surface area contributed by atoms with Gasteiger partial charge in [0.15, 0.2) is 0 Å². The lowest BCUT2D eigenvalue weighted by Crippen LogP contribution is -2.49. The predicted octanol–water partition coefficient (Wildman–Crippen LogP) is 2.03. The zero-order chi connectivity index (χ0) is 19.2. The van der Waals surface area contributed by atoms with Crippen LogP contribution in [0.2, 0.25) is 0 Å². The number of carbonyl (C=O) groups excluding carboxylic acids is 2. The van der Waals surface area contributed by atoms with E-state index in [2.05, 4.69) is 9.97 Å². The van der Waals surface area contributed by atoms with Gasteiger partial charge in [0, 0.05) is 45.1 Å². The van der Waals surface area contributed by atoms with Gasteiger partial charge in [-0.15, -0.1) is 0 Å². The minimum Gasteiger partial charge on any atom is -0.450 e. The van der Waals surface area contributed by atoms with Gasteiger partial charge in [0.05, 0.1) is 6.61 Å². The van der Waals surface area contributed by atoms with Gasteiger partial charge in [-0.2, -0.15) is 0 Å². The van der Waals surface area contributed by atoms with Crippen molar-refractivity contribution in [3.05, 3.63) is 48.3 Å². The molecule has 0 radical (unpaired) electrons. The van der Waals surface area contributed by atoms with Crippen molar-refractivity contribution in [2.45, 2.75) is 6.92 Å². The largest absolute Gasteiger partial charge is 0.450 e. The number of para-hydroxylation sites is 1. The average Bonchev–Trinajstić information content (AvgIpc) is 2.73. The molecule has 0 saturated carbocycles. The van der Waals surface area contributed by atoms with Crippen LogP contribution in [0.1, 0.15) is 17.4 Å². The molecular formula is C19H23N5O3. The molecule has 1 aliphatic heterocycles. The molecule has 0 atom stereocenters. The van der Waals surface area contributed by atoms with Crippen LogP contribution in [0.4, 0.5) is 16.4 Å². The fraction of sp³-hybridized carbons (Fsp3) is 0.368. The molecule has 2 amide bonds. The van der Waals surface area contributed by atoms with E-state index in [0.717, 1.165) is 5.69 Å². The summed E-state index contributed by atoms with van der Waals surface area (Å²) in [5.74, 6) is 0.292. The van der Waals surface area contributed by atoms with Gasteiger partial charge in [-0.05, 0) is 25.1 Å². The number of nitrogens with zero attached hydrogens (tertiary/aromatic N) is 5. The quantitative estimate of drug-likeness (QED) is 0.821. The normalized spacial score (nSPS) is 14.0. The molecular weight excluding hydrogens is 346 g/mol. The van der Waals surface area contributed by atoms with Gasteiger partial charge in [0.25, 0.3) is 5.91 Å². The van der Waals surface area contributed by atoms with Crippen molar-refractivity contribution in [1.82, 2.24) is 14.9 Å².